The third kappa shape index (κ3) is 2.48. The van der Waals surface area contributed by atoms with Crippen molar-refractivity contribution < 1.29 is 13.2 Å². The van der Waals surface area contributed by atoms with E-state index in [0.717, 1.165) is 22.8 Å². The first-order chi connectivity index (χ1) is 10.6. The SMILES string of the molecule is Cc1cc(-c2ccc(F)c(F)c2F)ncc1-c1ccccc1. The van der Waals surface area contributed by atoms with E-state index in [-0.39, 0.29) is 11.3 Å². The minimum absolute atomic E-state index is 0.0541. The van der Waals surface area contributed by atoms with Crippen LogP contribution in [0.5, 0.6) is 0 Å². The van der Waals surface area contributed by atoms with Crippen molar-refractivity contribution in [3.05, 3.63) is 77.7 Å². The summed E-state index contributed by atoms with van der Waals surface area (Å²) in [7, 11) is 0. The molecule has 110 valence electrons. The number of hydrogen-bond donors (Lipinski definition) is 0. The molecular weight excluding hydrogens is 287 g/mol. The van der Waals surface area contributed by atoms with Crippen LogP contribution in [-0.4, -0.2) is 4.98 Å². The van der Waals surface area contributed by atoms with Crippen LogP contribution in [0.3, 0.4) is 0 Å². The van der Waals surface area contributed by atoms with Gasteiger partial charge in [0, 0.05) is 17.3 Å². The maximum atomic E-state index is 13.8. The Morgan fingerprint density at radius 1 is 0.818 bits per heavy atom. The van der Waals surface area contributed by atoms with Crippen molar-refractivity contribution in [2.24, 2.45) is 0 Å². The maximum absolute atomic E-state index is 13.8. The Bertz CT molecular complexity index is 829. The molecule has 0 spiro atoms. The highest BCUT2D eigenvalue weighted by atomic mass is 19.2. The summed E-state index contributed by atoms with van der Waals surface area (Å²) in [6.07, 6.45) is 1.61. The molecule has 2 aromatic carbocycles. The lowest BCUT2D eigenvalue weighted by molar-refractivity contribution is 0.449. The molecule has 0 aliphatic carbocycles. The molecule has 0 saturated carbocycles. The standard InChI is InChI=1S/C18H12F3N/c1-11-9-16(13-7-8-15(19)18(21)17(13)20)22-10-14(11)12-5-3-2-4-6-12/h2-10H,1H3. The van der Waals surface area contributed by atoms with E-state index in [2.05, 4.69) is 4.98 Å². The summed E-state index contributed by atoms with van der Waals surface area (Å²) in [6.45, 7) is 1.87. The van der Waals surface area contributed by atoms with Gasteiger partial charge in [-0.05, 0) is 36.2 Å². The Balaban J connectivity index is 2.08. The molecule has 0 unspecified atom stereocenters. The molecule has 0 aliphatic rings. The molecule has 0 bridgehead atoms. The van der Waals surface area contributed by atoms with Gasteiger partial charge in [-0.25, -0.2) is 13.2 Å². The molecule has 0 atom stereocenters. The van der Waals surface area contributed by atoms with E-state index in [1.807, 2.05) is 37.3 Å². The number of aromatic nitrogens is 1. The molecule has 22 heavy (non-hydrogen) atoms. The lowest BCUT2D eigenvalue weighted by atomic mass is 10.0. The number of aryl methyl sites for hydroxylation is 1. The Hall–Kier alpha value is -2.62. The van der Waals surface area contributed by atoms with Crippen molar-refractivity contribution >= 4 is 0 Å². The van der Waals surface area contributed by atoms with Crippen LogP contribution in [0.1, 0.15) is 5.56 Å². The predicted molar refractivity (Wildman–Crippen MR) is 79.7 cm³/mol. The summed E-state index contributed by atoms with van der Waals surface area (Å²) in [6, 6.07) is 13.4. The number of pyridine rings is 1. The second-order valence-corrected chi connectivity index (χ2v) is 4.97. The molecule has 0 radical (unpaired) electrons. The van der Waals surface area contributed by atoms with Gasteiger partial charge in [-0.3, -0.25) is 4.98 Å². The van der Waals surface area contributed by atoms with Gasteiger partial charge >= 0.3 is 0 Å². The van der Waals surface area contributed by atoms with E-state index in [4.69, 9.17) is 0 Å². The van der Waals surface area contributed by atoms with Crippen molar-refractivity contribution in [2.45, 2.75) is 6.92 Å². The van der Waals surface area contributed by atoms with Gasteiger partial charge in [-0.15, -0.1) is 0 Å². The number of nitrogens with zero attached hydrogens (tertiary/aromatic N) is 1. The fraction of sp³-hybridized carbons (Fsp3) is 0.0556. The van der Waals surface area contributed by atoms with Crippen molar-refractivity contribution in [1.82, 2.24) is 4.98 Å². The van der Waals surface area contributed by atoms with E-state index in [0.29, 0.717) is 0 Å². The molecule has 3 rings (SSSR count). The lowest BCUT2D eigenvalue weighted by Gasteiger charge is -2.09. The quantitative estimate of drug-likeness (QED) is 0.597. The zero-order valence-electron chi connectivity index (χ0n) is 11.8. The second-order valence-electron chi connectivity index (χ2n) is 4.97. The Labute approximate surface area is 126 Å². The molecule has 0 saturated heterocycles. The fourth-order valence-electron chi connectivity index (χ4n) is 2.35. The van der Waals surface area contributed by atoms with E-state index in [1.165, 1.54) is 6.07 Å². The second kappa shape index (κ2) is 5.64. The predicted octanol–water partition coefficient (Wildman–Crippen LogP) is 5.14. The molecule has 3 aromatic rings. The highest BCUT2D eigenvalue weighted by molar-refractivity contribution is 5.70. The van der Waals surface area contributed by atoms with Crippen LogP contribution in [0.2, 0.25) is 0 Å². The molecule has 4 heteroatoms. The summed E-state index contributed by atoms with van der Waals surface area (Å²) >= 11 is 0. The number of hydrogen-bond acceptors (Lipinski definition) is 1. The average Bonchev–Trinajstić information content (AvgIpc) is 2.53. The van der Waals surface area contributed by atoms with Crippen LogP contribution in [0.15, 0.2) is 54.7 Å². The monoisotopic (exact) mass is 299 g/mol. The Morgan fingerprint density at radius 2 is 1.55 bits per heavy atom. The van der Waals surface area contributed by atoms with Gasteiger partial charge in [0.2, 0.25) is 0 Å². The smallest absolute Gasteiger partial charge is 0.195 e. The summed E-state index contributed by atoms with van der Waals surface area (Å²) in [5.74, 6) is -3.91. The van der Waals surface area contributed by atoms with E-state index < -0.39 is 17.5 Å². The minimum atomic E-state index is -1.48. The average molecular weight is 299 g/mol. The zero-order valence-corrected chi connectivity index (χ0v) is 11.8. The van der Waals surface area contributed by atoms with Gasteiger partial charge in [0.05, 0.1) is 5.69 Å². The van der Waals surface area contributed by atoms with E-state index in [9.17, 15) is 13.2 Å². The molecule has 1 aromatic heterocycles. The van der Waals surface area contributed by atoms with Crippen molar-refractivity contribution in [3.8, 4) is 22.4 Å². The van der Waals surface area contributed by atoms with Crippen LogP contribution in [0.25, 0.3) is 22.4 Å². The first-order valence-electron chi connectivity index (χ1n) is 6.74. The highest BCUT2D eigenvalue weighted by Crippen LogP contribution is 2.29. The fourth-order valence-corrected chi connectivity index (χ4v) is 2.35. The van der Waals surface area contributed by atoms with Crippen molar-refractivity contribution in [1.29, 1.82) is 0 Å². The Morgan fingerprint density at radius 3 is 2.23 bits per heavy atom. The minimum Gasteiger partial charge on any atom is -0.255 e. The highest BCUT2D eigenvalue weighted by Gasteiger charge is 2.16. The summed E-state index contributed by atoms with van der Waals surface area (Å²) in [4.78, 5) is 4.19. The maximum Gasteiger partial charge on any atom is 0.195 e. The molecule has 0 amide bonds. The van der Waals surface area contributed by atoms with Crippen LogP contribution in [-0.2, 0) is 0 Å². The Kier molecular flexibility index (Phi) is 3.67. The van der Waals surface area contributed by atoms with Crippen LogP contribution >= 0.6 is 0 Å². The number of rotatable bonds is 2. The van der Waals surface area contributed by atoms with Gasteiger partial charge in [0.1, 0.15) is 0 Å². The summed E-state index contributed by atoms with van der Waals surface area (Å²) in [5, 5.41) is 0. The molecular formula is C18H12F3N. The van der Waals surface area contributed by atoms with Crippen LogP contribution < -0.4 is 0 Å². The van der Waals surface area contributed by atoms with Gasteiger partial charge < -0.3 is 0 Å². The van der Waals surface area contributed by atoms with Crippen LogP contribution in [0.4, 0.5) is 13.2 Å². The number of benzene rings is 2. The number of halogens is 3. The molecule has 0 fully saturated rings. The third-order valence-corrected chi connectivity index (χ3v) is 3.51. The van der Waals surface area contributed by atoms with Crippen molar-refractivity contribution in [2.75, 3.05) is 0 Å². The van der Waals surface area contributed by atoms with Gasteiger partial charge in [-0.2, -0.15) is 0 Å². The van der Waals surface area contributed by atoms with Crippen molar-refractivity contribution in [3.63, 3.8) is 0 Å². The first kappa shape index (κ1) is 14.3. The van der Waals surface area contributed by atoms with Gasteiger partial charge in [0.15, 0.2) is 17.5 Å². The first-order valence-corrected chi connectivity index (χ1v) is 6.74. The van der Waals surface area contributed by atoms with Gasteiger partial charge in [-0.1, -0.05) is 30.3 Å². The largest absolute Gasteiger partial charge is 0.255 e. The normalized spacial score (nSPS) is 10.7. The van der Waals surface area contributed by atoms with E-state index in [1.54, 1.807) is 12.3 Å². The van der Waals surface area contributed by atoms with Crippen LogP contribution in [0, 0.1) is 24.4 Å². The third-order valence-electron chi connectivity index (χ3n) is 3.51. The summed E-state index contributed by atoms with van der Waals surface area (Å²) < 4.78 is 40.2. The topological polar surface area (TPSA) is 12.9 Å². The van der Waals surface area contributed by atoms with E-state index >= 15 is 0 Å². The zero-order chi connectivity index (χ0) is 15.7. The van der Waals surface area contributed by atoms with Gasteiger partial charge in [0.25, 0.3) is 0 Å². The molecule has 1 heterocycles. The lowest BCUT2D eigenvalue weighted by Crippen LogP contribution is -1.96. The molecule has 0 aliphatic heterocycles. The molecule has 1 nitrogen and oxygen atoms in total. The molecule has 0 N–H and O–H groups in total. The summed E-state index contributed by atoms with van der Waals surface area (Å²) in [5.41, 5.74) is 2.99.